The van der Waals surface area contributed by atoms with Crippen molar-refractivity contribution in [3.8, 4) is 0 Å². The van der Waals surface area contributed by atoms with Gasteiger partial charge < -0.3 is 4.90 Å². The molecule has 1 heterocycles. The van der Waals surface area contributed by atoms with Gasteiger partial charge in [-0.25, -0.2) is 0 Å². The molecule has 0 aromatic carbocycles. The van der Waals surface area contributed by atoms with Gasteiger partial charge in [0.15, 0.2) is 0 Å². The molecule has 0 radical (unpaired) electrons. The van der Waals surface area contributed by atoms with Crippen molar-refractivity contribution in [2.45, 2.75) is 46.1 Å². The Morgan fingerprint density at radius 2 is 2.08 bits per heavy atom. The smallest absolute Gasteiger partial charge is 0.222 e. The number of rotatable bonds is 1. The molecule has 1 rings (SSSR count). The van der Waals surface area contributed by atoms with E-state index in [-0.39, 0.29) is 0 Å². The van der Waals surface area contributed by atoms with Crippen LogP contribution in [0.4, 0.5) is 0 Å². The van der Waals surface area contributed by atoms with Gasteiger partial charge in [-0.1, -0.05) is 20.8 Å². The van der Waals surface area contributed by atoms with Crippen molar-refractivity contribution in [3.63, 3.8) is 0 Å². The summed E-state index contributed by atoms with van der Waals surface area (Å²) in [4.78, 5) is 13.6. The van der Waals surface area contributed by atoms with Crippen LogP contribution in [0.5, 0.6) is 0 Å². The summed E-state index contributed by atoms with van der Waals surface area (Å²) in [7, 11) is 1.95. The van der Waals surface area contributed by atoms with E-state index in [4.69, 9.17) is 0 Å². The van der Waals surface area contributed by atoms with E-state index < -0.39 is 0 Å². The Labute approximate surface area is 81.3 Å². The molecule has 76 valence electrons. The monoisotopic (exact) mass is 183 g/mol. The van der Waals surface area contributed by atoms with E-state index in [1.807, 2.05) is 11.9 Å². The molecular formula is C11H21NO. The molecule has 2 heteroatoms. The number of nitrogens with zero attached hydrogens (tertiary/aromatic N) is 1. The third-order valence-corrected chi connectivity index (χ3v) is 3.16. The Kier molecular flexibility index (Phi) is 3.34. The highest BCUT2D eigenvalue weighted by Gasteiger charge is 2.30. The van der Waals surface area contributed by atoms with Gasteiger partial charge in [0.05, 0.1) is 0 Å². The second-order valence-electron chi connectivity index (χ2n) is 4.61. The van der Waals surface area contributed by atoms with Crippen LogP contribution in [0.25, 0.3) is 0 Å². The highest BCUT2D eigenvalue weighted by molar-refractivity contribution is 5.76. The van der Waals surface area contributed by atoms with Gasteiger partial charge in [-0.3, -0.25) is 4.79 Å². The highest BCUT2D eigenvalue weighted by atomic mass is 16.2. The van der Waals surface area contributed by atoms with E-state index in [2.05, 4.69) is 20.8 Å². The topological polar surface area (TPSA) is 20.3 Å². The molecule has 1 fully saturated rings. The van der Waals surface area contributed by atoms with E-state index in [9.17, 15) is 4.79 Å². The minimum Gasteiger partial charge on any atom is -0.342 e. The van der Waals surface area contributed by atoms with E-state index in [1.165, 1.54) is 6.42 Å². The Balaban J connectivity index is 2.78. The van der Waals surface area contributed by atoms with Crippen molar-refractivity contribution in [3.05, 3.63) is 0 Å². The molecule has 1 aliphatic rings. The standard InChI is InChI=1S/C11H21NO/c1-8(2)11-9(3)6-5-7-10(13)12(11)4/h8-9,11H,5-7H2,1-4H3. The Morgan fingerprint density at radius 3 is 2.62 bits per heavy atom. The second kappa shape index (κ2) is 4.12. The van der Waals surface area contributed by atoms with Crippen LogP contribution >= 0.6 is 0 Å². The zero-order chi connectivity index (χ0) is 10.0. The Morgan fingerprint density at radius 1 is 1.46 bits per heavy atom. The first-order valence-electron chi connectivity index (χ1n) is 5.29. The minimum absolute atomic E-state index is 0.322. The molecule has 1 aliphatic heterocycles. The summed E-state index contributed by atoms with van der Waals surface area (Å²) in [5, 5.41) is 0. The number of amides is 1. The normalized spacial score (nSPS) is 30.8. The molecule has 1 amide bonds. The number of carbonyl (C=O) groups is 1. The SMILES string of the molecule is CC(C)C1C(C)CCCC(=O)N1C. The Hall–Kier alpha value is -0.530. The van der Waals surface area contributed by atoms with Gasteiger partial charge in [0.2, 0.25) is 5.91 Å². The molecule has 0 bridgehead atoms. The van der Waals surface area contributed by atoms with Gasteiger partial charge in [0, 0.05) is 19.5 Å². The van der Waals surface area contributed by atoms with Gasteiger partial charge in [-0.15, -0.1) is 0 Å². The molecular weight excluding hydrogens is 162 g/mol. The average Bonchev–Trinajstić information content (AvgIpc) is 2.13. The molecule has 0 aromatic heterocycles. The van der Waals surface area contributed by atoms with Gasteiger partial charge in [0.1, 0.15) is 0 Å². The van der Waals surface area contributed by atoms with Crippen LogP contribution in [0.15, 0.2) is 0 Å². The van der Waals surface area contributed by atoms with E-state index in [1.54, 1.807) is 0 Å². The maximum Gasteiger partial charge on any atom is 0.222 e. The molecule has 0 aliphatic carbocycles. The predicted octanol–water partition coefficient (Wildman–Crippen LogP) is 2.29. The van der Waals surface area contributed by atoms with Crippen molar-refractivity contribution < 1.29 is 4.79 Å². The van der Waals surface area contributed by atoms with Crippen LogP contribution in [-0.4, -0.2) is 23.9 Å². The second-order valence-corrected chi connectivity index (χ2v) is 4.61. The Bertz CT molecular complexity index is 189. The molecule has 0 aromatic rings. The van der Waals surface area contributed by atoms with Crippen molar-refractivity contribution in [1.82, 2.24) is 4.90 Å². The average molecular weight is 183 g/mol. The highest BCUT2D eigenvalue weighted by Crippen LogP contribution is 2.26. The summed E-state index contributed by atoms with van der Waals surface area (Å²) in [6.45, 7) is 6.67. The lowest BCUT2D eigenvalue weighted by atomic mass is 9.89. The lowest BCUT2D eigenvalue weighted by Crippen LogP contribution is -2.42. The zero-order valence-electron chi connectivity index (χ0n) is 9.21. The van der Waals surface area contributed by atoms with Crippen LogP contribution < -0.4 is 0 Å². The zero-order valence-corrected chi connectivity index (χ0v) is 9.21. The molecule has 13 heavy (non-hydrogen) atoms. The first-order chi connectivity index (χ1) is 6.04. The molecule has 2 unspecified atom stereocenters. The lowest BCUT2D eigenvalue weighted by Gasteiger charge is -2.33. The fraction of sp³-hybridized carbons (Fsp3) is 0.909. The number of hydrogen-bond donors (Lipinski definition) is 0. The fourth-order valence-electron chi connectivity index (χ4n) is 2.57. The molecule has 2 atom stereocenters. The van der Waals surface area contributed by atoms with Crippen LogP contribution in [0.1, 0.15) is 40.0 Å². The summed E-state index contributed by atoms with van der Waals surface area (Å²) in [5.74, 6) is 1.54. The first kappa shape index (κ1) is 10.6. The van der Waals surface area contributed by atoms with Gasteiger partial charge in [-0.2, -0.15) is 0 Å². The molecule has 1 saturated heterocycles. The van der Waals surface area contributed by atoms with E-state index >= 15 is 0 Å². The van der Waals surface area contributed by atoms with Crippen LogP contribution in [0.2, 0.25) is 0 Å². The third kappa shape index (κ3) is 2.23. The van der Waals surface area contributed by atoms with Gasteiger partial charge in [0.25, 0.3) is 0 Å². The van der Waals surface area contributed by atoms with E-state index in [0.29, 0.717) is 23.8 Å². The quantitative estimate of drug-likeness (QED) is 0.611. The summed E-state index contributed by atoms with van der Waals surface area (Å²) in [6.07, 6.45) is 3.00. The summed E-state index contributed by atoms with van der Waals surface area (Å²) in [5.41, 5.74) is 0. The molecule has 0 saturated carbocycles. The maximum atomic E-state index is 11.6. The number of likely N-dealkylation sites (tertiary alicyclic amines) is 1. The molecule has 0 N–H and O–H groups in total. The van der Waals surface area contributed by atoms with Crippen molar-refractivity contribution in [1.29, 1.82) is 0 Å². The van der Waals surface area contributed by atoms with Crippen LogP contribution in [0, 0.1) is 11.8 Å². The van der Waals surface area contributed by atoms with E-state index in [0.717, 1.165) is 12.8 Å². The van der Waals surface area contributed by atoms with Crippen molar-refractivity contribution >= 4 is 5.91 Å². The number of carbonyl (C=O) groups excluding carboxylic acids is 1. The van der Waals surface area contributed by atoms with Gasteiger partial charge >= 0.3 is 0 Å². The predicted molar refractivity (Wildman–Crippen MR) is 54.4 cm³/mol. The van der Waals surface area contributed by atoms with Crippen molar-refractivity contribution in [2.24, 2.45) is 11.8 Å². The van der Waals surface area contributed by atoms with Crippen LogP contribution in [0.3, 0.4) is 0 Å². The van der Waals surface area contributed by atoms with Crippen molar-refractivity contribution in [2.75, 3.05) is 7.05 Å². The summed E-state index contributed by atoms with van der Waals surface area (Å²) in [6, 6.07) is 0.440. The summed E-state index contributed by atoms with van der Waals surface area (Å²) < 4.78 is 0. The maximum absolute atomic E-state index is 11.6. The largest absolute Gasteiger partial charge is 0.342 e. The third-order valence-electron chi connectivity index (χ3n) is 3.16. The fourth-order valence-corrected chi connectivity index (χ4v) is 2.57. The molecule has 0 spiro atoms. The summed E-state index contributed by atoms with van der Waals surface area (Å²) >= 11 is 0. The minimum atomic E-state index is 0.322. The molecule has 2 nitrogen and oxygen atoms in total. The van der Waals surface area contributed by atoms with Crippen LogP contribution in [-0.2, 0) is 4.79 Å². The number of hydrogen-bond acceptors (Lipinski definition) is 1. The lowest BCUT2D eigenvalue weighted by molar-refractivity contribution is -0.132. The van der Waals surface area contributed by atoms with Gasteiger partial charge in [-0.05, 0) is 24.7 Å². The first-order valence-corrected chi connectivity index (χ1v) is 5.29.